The number of carboxylic acid groups (broad SMARTS) is 1. The summed E-state index contributed by atoms with van der Waals surface area (Å²) in [6, 6.07) is 15.3. The second kappa shape index (κ2) is 13.6. The van der Waals surface area contributed by atoms with Gasteiger partial charge in [-0.25, -0.2) is 12.8 Å². The molecule has 0 spiro atoms. The van der Waals surface area contributed by atoms with Crippen molar-refractivity contribution in [3.63, 3.8) is 0 Å². The minimum atomic E-state index is -4.21. The number of aryl methyl sites for hydroxylation is 1. The van der Waals surface area contributed by atoms with Crippen LogP contribution in [0.4, 0.5) is 4.39 Å². The van der Waals surface area contributed by atoms with E-state index in [0.717, 1.165) is 23.6 Å². The second-order valence-electron chi connectivity index (χ2n) is 11.9. The largest absolute Gasteiger partial charge is 0.481 e. The third kappa shape index (κ3) is 8.35. The van der Waals surface area contributed by atoms with Crippen molar-refractivity contribution in [2.45, 2.75) is 62.5 Å². The van der Waals surface area contributed by atoms with Crippen LogP contribution in [0.1, 0.15) is 43.4 Å². The summed E-state index contributed by atoms with van der Waals surface area (Å²) in [6.45, 7) is 4.14. The van der Waals surface area contributed by atoms with Gasteiger partial charge in [-0.1, -0.05) is 53.5 Å². The van der Waals surface area contributed by atoms with Crippen LogP contribution in [-0.4, -0.2) is 60.7 Å². The molecule has 0 saturated carbocycles. The number of β-amino-alcohol motifs (C(OH)–C–C–N with tert-alkyl or cyclic N) is 1. The zero-order valence-corrected chi connectivity index (χ0v) is 26.7. The number of carboxylic acids is 1. The molecule has 3 aromatic carbocycles. The Hall–Kier alpha value is -2.53. The molecule has 1 atom stereocenters. The molecule has 0 bridgehead atoms. The lowest BCUT2D eigenvalue weighted by Gasteiger charge is -2.31. The topological polar surface area (TPSA) is 107 Å². The molecule has 0 saturated heterocycles. The van der Waals surface area contributed by atoms with Crippen molar-refractivity contribution < 1.29 is 27.8 Å². The number of hydrogen-bond donors (Lipinski definition) is 3. The molecule has 3 N–H and O–H groups in total. The predicted octanol–water partition coefficient (Wildman–Crippen LogP) is 5.97. The van der Waals surface area contributed by atoms with Crippen molar-refractivity contribution in [1.29, 1.82) is 0 Å². The second-order valence-corrected chi connectivity index (χ2v) is 14.7. The molecule has 0 aromatic heterocycles. The highest BCUT2D eigenvalue weighted by atomic mass is 35.5. The lowest BCUT2D eigenvalue weighted by atomic mass is 9.88. The summed E-state index contributed by atoms with van der Waals surface area (Å²) < 4.78 is 42.6. The molecule has 1 aliphatic carbocycles. The predicted molar refractivity (Wildman–Crippen MR) is 168 cm³/mol. The first kappa shape index (κ1) is 33.4. The summed E-state index contributed by atoms with van der Waals surface area (Å²) in [6.07, 6.45) is 2.03. The average molecular weight is 652 g/mol. The van der Waals surface area contributed by atoms with Crippen molar-refractivity contribution in [2.24, 2.45) is 5.92 Å². The molecule has 232 valence electrons. The molecule has 1 aliphatic rings. The number of carbonyl (C=O) groups is 1. The van der Waals surface area contributed by atoms with Gasteiger partial charge in [-0.3, -0.25) is 4.79 Å². The summed E-state index contributed by atoms with van der Waals surface area (Å²) >= 11 is 12.8. The number of aliphatic hydroxyl groups excluding tert-OH is 1. The summed E-state index contributed by atoms with van der Waals surface area (Å²) in [5.41, 5.74) is 3.47. The highest BCUT2D eigenvalue weighted by Gasteiger charge is 2.31. The van der Waals surface area contributed by atoms with Gasteiger partial charge in [-0.15, -0.1) is 0 Å². The van der Waals surface area contributed by atoms with E-state index < -0.39 is 27.9 Å². The fourth-order valence-electron chi connectivity index (χ4n) is 5.76. The van der Waals surface area contributed by atoms with Crippen LogP contribution in [0.3, 0.4) is 0 Å². The first-order chi connectivity index (χ1) is 20.2. The van der Waals surface area contributed by atoms with Crippen molar-refractivity contribution in [3.05, 3.63) is 87.2 Å². The van der Waals surface area contributed by atoms with Gasteiger partial charge in [0.2, 0.25) is 10.0 Å². The fraction of sp³-hybridized carbons (Fsp3) is 0.406. The zero-order valence-electron chi connectivity index (χ0n) is 24.4. The van der Waals surface area contributed by atoms with Crippen LogP contribution in [0.5, 0.6) is 0 Å². The smallest absolute Gasteiger partial charge is 0.303 e. The van der Waals surface area contributed by atoms with Crippen molar-refractivity contribution in [2.75, 3.05) is 20.1 Å². The van der Waals surface area contributed by atoms with Gasteiger partial charge in [0.05, 0.1) is 16.1 Å². The number of aliphatic carboxylic acids is 1. The maximum atomic E-state index is 14.7. The Morgan fingerprint density at radius 1 is 1.09 bits per heavy atom. The number of aliphatic hydroxyl groups is 1. The number of benzene rings is 3. The molecule has 43 heavy (non-hydrogen) atoms. The number of nitrogens with zero attached hydrogens (tertiary/aromatic N) is 1. The Kier molecular flexibility index (Phi) is 10.6. The standard InChI is InChI=1S/C32H37Cl2FN2O5S/c1-32(2,17-21-12-22-6-4-5-7-23(22)13-21)36-18-25(38)19-37(3)43(41,42)31-27(33)15-24(16-28(31)34)26-14-20(8-10-29(26)35)9-11-30(39)40/h4-8,10,14-16,21,25,36,38H,9,11-13,17-19H2,1-3H3,(H,39,40). The van der Waals surface area contributed by atoms with Gasteiger partial charge in [0.15, 0.2) is 0 Å². The van der Waals surface area contributed by atoms with E-state index in [1.165, 1.54) is 48.5 Å². The van der Waals surface area contributed by atoms with Crippen LogP contribution in [0.2, 0.25) is 10.0 Å². The highest BCUT2D eigenvalue weighted by molar-refractivity contribution is 7.89. The zero-order chi connectivity index (χ0) is 31.5. The molecule has 0 heterocycles. The van der Waals surface area contributed by atoms with Gasteiger partial charge in [0.1, 0.15) is 10.7 Å². The molecular formula is C32H37Cl2FN2O5S. The van der Waals surface area contributed by atoms with Crippen LogP contribution in [0.15, 0.2) is 59.5 Å². The molecule has 4 rings (SSSR count). The average Bonchev–Trinajstić information content (AvgIpc) is 3.32. The van der Waals surface area contributed by atoms with Crippen LogP contribution in [0.25, 0.3) is 11.1 Å². The summed E-state index contributed by atoms with van der Waals surface area (Å²) in [4.78, 5) is 10.6. The third-order valence-electron chi connectivity index (χ3n) is 7.85. The molecule has 0 amide bonds. The first-order valence-corrected chi connectivity index (χ1v) is 16.3. The van der Waals surface area contributed by atoms with Gasteiger partial charge in [0.25, 0.3) is 0 Å². The van der Waals surface area contributed by atoms with Crippen LogP contribution in [0, 0.1) is 11.7 Å². The Bertz CT molecular complexity index is 1550. The molecule has 7 nitrogen and oxygen atoms in total. The Morgan fingerprint density at radius 2 is 1.70 bits per heavy atom. The number of rotatable bonds is 13. The van der Waals surface area contributed by atoms with Crippen LogP contribution >= 0.6 is 23.2 Å². The van der Waals surface area contributed by atoms with E-state index in [0.29, 0.717) is 11.5 Å². The minimum absolute atomic E-state index is 0.120. The Morgan fingerprint density at radius 3 is 2.28 bits per heavy atom. The van der Waals surface area contributed by atoms with Gasteiger partial charge >= 0.3 is 5.97 Å². The summed E-state index contributed by atoms with van der Waals surface area (Å²) in [5, 5.41) is 22.7. The number of fused-ring (bicyclic) bond motifs is 1. The van der Waals surface area contributed by atoms with E-state index in [4.69, 9.17) is 28.3 Å². The third-order valence-corrected chi connectivity index (χ3v) is 10.6. The molecule has 3 aromatic rings. The number of sulfonamides is 1. The first-order valence-electron chi connectivity index (χ1n) is 14.1. The summed E-state index contributed by atoms with van der Waals surface area (Å²) in [5.74, 6) is -1.07. The van der Waals surface area contributed by atoms with E-state index in [2.05, 4.69) is 43.4 Å². The van der Waals surface area contributed by atoms with E-state index >= 15 is 0 Å². The number of nitrogens with one attached hydrogen (secondary N) is 1. The van der Waals surface area contributed by atoms with E-state index in [1.807, 2.05) is 0 Å². The van der Waals surface area contributed by atoms with Crippen molar-refractivity contribution in [3.8, 4) is 11.1 Å². The normalized spacial score (nSPS) is 14.7. The molecule has 11 heteroatoms. The quantitative estimate of drug-likeness (QED) is 0.210. The number of halogens is 3. The molecule has 0 aliphatic heterocycles. The monoisotopic (exact) mass is 650 g/mol. The fourth-order valence-corrected chi connectivity index (χ4v) is 8.12. The minimum Gasteiger partial charge on any atom is -0.481 e. The lowest BCUT2D eigenvalue weighted by molar-refractivity contribution is -0.136. The van der Waals surface area contributed by atoms with Crippen molar-refractivity contribution >= 4 is 39.2 Å². The molecule has 0 radical (unpaired) electrons. The van der Waals surface area contributed by atoms with Gasteiger partial charge in [-0.05, 0) is 92.0 Å². The van der Waals surface area contributed by atoms with E-state index in [1.54, 1.807) is 0 Å². The van der Waals surface area contributed by atoms with Gasteiger partial charge < -0.3 is 15.5 Å². The molecule has 1 unspecified atom stereocenters. The van der Waals surface area contributed by atoms with Gasteiger partial charge in [0, 0.05) is 37.7 Å². The maximum Gasteiger partial charge on any atom is 0.303 e. The van der Waals surface area contributed by atoms with E-state index in [9.17, 15) is 22.7 Å². The van der Waals surface area contributed by atoms with E-state index in [-0.39, 0.29) is 57.5 Å². The van der Waals surface area contributed by atoms with Crippen LogP contribution in [-0.2, 0) is 34.1 Å². The Balaban J connectivity index is 1.40. The van der Waals surface area contributed by atoms with Crippen molar-refractivity contribution in [1.82, 2.24) is 9.62 Å². The number of likely N-dealkylation sites (N-methyl/N-ethyl adjacent to an activating group) is 1. The maximum absolute atomic E-state index is 14.7. The molecule has 0 fully saturated rings. The highest BCUT2D eigenvalue weighted by Crippen LogP contribution is 2.37. The van der Waals surface area contributed by atoms with Gasteiger partial charge in [-0.2, -0.15) is 4.31 Å². The molecular weight excluding hydrogens is 614 g/mol. The Labute approximate surface area is 262 Å². The summed E-state index contributed by atoms with van der Waals surface area (Å²) in [7, 11) is -2.87. The SMILES string of the molecule is CN(CC(O)CNC(C)(C)CC1Cc2ccccc2C1)S(=O)(=O)c1c(Cl)cc(-c2cc(CCC(=O)O)ccc2F)cc1Cl. The number of hydrogen-bond acceptors (Lipinski definition) is 5. The van der Waals surface area contributed by atoms with Crippen LogP contribution < -0.4 is 5.32 Å². The lowest BCUT2D eigenvalue weighted by Crippen LogP contribution is -2.47.